The third-order valence-corrected chi connectivity index (χ3v) is 3.86. The molecule has 0 aromatic heterocycles. The molecule has 2 rings (SSSR count). The average Bonchev–Trinajstić information content (AvgIpc) is 2.84. The molecule has 1 aliphatic heterocycles. The molecule has 0 fully saturated rings. The number of benzene rings is 1. The third-order valence-electron chi connectivity index (χ3n) is 3.12. The predicted molar refractivity (Wildman–Crippen MR) is 77.5 cm³/mol. The van der Waals surface area contributed by atoms with Crippen molar-refractivity contribution < 1.29 is 14.6 Å². The summed E-state index contributed by atoms with van der Waals surface area (Å²) in [5.41, 5.74) is 1.18. The van der Waals surface area contributed by atoms with Gasteiger partial charge in [0.25, 0.3) is 0 Å². The fraction of sp³-hybridized carbons (Fsp3) is 0.571. The van der Waals surface area contributed by atoms with Crippen LogP contribution in [0.25, 0.3) is 0 Å². The summed E-state index contributed by atoms with van der Waals surface area (Å²) in [7, 11) is 0. The van der Waals surface area contributed by atoms with Crippen LogP contribution in [-0.2, 0) is 6.54 Å². The first kappa shape index (κ1) is 14.6. The summed E-state index contributed by atoms with van der Waals surface area (Å²) in [6, 6.07) is 3.98. The highest BCUT2D eigenvalue weighted by molar-refractivity contribution is 9.10. The molecule has 0 saturated heterocycles. The van der Waals surface area contributed by atoms with Crippen molar-refractivity contribution in [3.63, 3.8) is 0 Å². The Bertz CT molecular complexity index is 412. The maximum absolute atomic E-state index is 8.68. The van der Waals surface area contributed by atoms with Crippen molar-refractivity contribution in [1.29, 1.82) is 0 Å². The number of fused-ring (bicyclic) bond motifs is 1. The van der Waals surface area contributed by atoms with Crippen LogP contribution in [0.5, 0.6) is 11.5 Å². The number of halogens is 1. The van der Waals surface area contributed by atoms with Gasteiger partial charge in [-0.1, -0.05) is 28.8 Å². The Kier molecular flexibility index (Phi) is 5.94. The van der Waals surface area contributed by atoms with E-state index >= 15 is 0 Å². The maximum Gasteiger partial charge on any atom is 0.231 e. The molecule has 2 N–H and O–H groups in total. The number of hydrogen-bond acceptors (Lipinski definition) is 4. The van der Waals surface area contributed by atoms with Gasteiger partial charge in [0.05, 0.1) is 0 Å². The first-order valence-electron chi connectivity index (χ1n) is 6.71. The molecule has 19 heavy (non-hydrogen) atoms. The molecule has 0 unspecified atom stereocenters. The molecule has 1 aliphatic rings. The molecule has 1 heterocycles. The van der Waals surface area contributed by atoms with E-state index in [4.69, 9.17) is 14.6 Å². The largest absolute Gasteiger partial charge is 0.454 e. The number of hydrogen-bond donors (Lipinski definition) is 2. The number of nitrogens with one attached hydrogen (secondary N) is 1. The summed E-state index contributed by atoms with van der Waals surface area (Å²) in [5.74, 6) is 1.63. The summed E-state index contributed by atoms with van der Waals surface area (Å²) in [4.78, 5) is 0. The smallest absolute Gasteiger partial charge is 0.231 e. The highest BCUT2D eigenvalue weighted by atomic mass is 79.9. The standard InChI is InChI=1S/C14H20BrNO3/c15-12-8-14-13(18-10-19-14)7-11(12)9-16-5-3-1-2-4-6-17/h7-8,16-17H,1-6,9-10H2. The Labute approximate surface area is 122 Å². The van der Waals surface area contributed by atoms with Crippen molar-refractivity contribution in [3.8, 4) is 11.5 Å². The van der Waals surface area contributed by atoms with E-state index in [0.29, 0.717) is 13.4 Å². The second kappa shape index (κ2) is 7.72. The second-order valence-corrected chi connectivity index (χ2v) is 5.47. The van der Waals surface area contributed by atoms with Crippen LogP contribution in [0.4, 0.5) is 0 Å². The molecule has 106 valence electrons. The molecule has 0 amide bonds. The lowest BCUT2D eigenvalue weighted by Crippen LogP contribution is -2.15. The molecule has 0 saturated carbocycles. The van der Waals surface area contributed by atoms with E-state index < -0.39 is 0 Å². The number of ether oxygens (including phenoxy) is 2. The van der Waals surface area contributed by atoms with Crippen LogP contribution in [-0.4, -0.2) is 25.1 Å². The number of aliphatic hydroxyl groups excluding tert-OH is 1. The van der Waals surface area contributed by atoms with Gasteiger partial charge < -0.3 is 19.9 Å². The van der Waals surface area contributed by atoms with Crippen molar-refractivity contribution in [3.05, 3.63) is 22.2 Å². The van der Waals surface area contributed by atoms with Gasteiger partial charge in [0.1, 0.15) is 0 Å². The van der Waals surface area contributed by atoms with Gasteiger partial charge in [-0.05, 0) is 37.1 Å². The highest BCUT2D eigenvalue weighted by Gasteiger charge is 2.15. The van der Waals surface area contributed by atoms with E-state index in [9.17, 15) is 0 Å². The SMILES string of the molecule is OCCCCCCNCc1cc2c(cc1Br)OCO2. The zero-order chi connectivity index (χ0) is 13.5. The molecular weight excluding hydrogens is 310 g/mol. The molecule has 0 bridgehead atoms. The predicted octanol–water partition coefficient (Wildman–Crippen LogP) is 2.82. The average molecular weight is 330 g/mol. The molecule has 1 aromatic rings. The molecule has 0 aliphatic carbocycles. The van der Waals surface area contributed by atoms with E-state index in [0.717, 1.165) is 54.7 Å². The van der Waals surface area contributed by atoms with Gasteiger partial charge in [-0.2, -0.15) is 0 Å². The van der Waals surface area contributed by atoms with E-state index in [2.05, 4.69) is 21.2 Å². The van der Waals surface area contributed by atoms with E-state index in [1.165, 1.54) is 5.56 Å². The van der Waals surface area contributed by atoms with Crippen LogP contribution in [0, 0.1) is 0 Å². The normalized spacial score (nSPS) is 12.9. The molecule has 0 atom stereocenters. The topological polar surface area (TPSA) is 50.7 Å². The van der Waals surface area contributed by atoms with Crippen LogP contribution in [0.1, 0.15) is 31.2 Å². The Morgan fingerprint density at radius 2 is 1.84 bits per heavy atom. The summed E-state index contributed by atoms with van der Waals surface area (Å²) in [6.45, 7) is 2.42. The van der Waals surface area contributed by atoms with E-state index in [1.807, 2.05) is 12.1 Å². The van der Waals surface area contributed by atoms with Gasteiger partial charge in [-0.3, -0.25) is 0 Å². The fourth-order valence-electron chi connectivity index (χ4n) is 2.03. The zero-order valence-electron chi connectivity index (χ0n) is 11.0. The summed E-state index contributed by atoms with van der Waals surface area (Å²) in [5, 5.41) is 12.1. The van der Waals surface area contributed by atoms with Crippen molar-refractivity contribution in [2.24, 2.45) is 0 Å². The van der Waals surface area contributed by atoms with Crippen molar-refractivity contribution in [2.75, 3.05) is 19.9 Å². The molecule has 0 spiro atoms. The Morgan fingerprint density at radius 3 is 2.63 bits per heavy atom. The van der Waals surface area contributed by atoms with E-state index in [-0.39, 0.29) is 0 Å². The molecule has 4 nitrogen and oxygen atoms in total. The van der Waals surface area contributed by atoms with Crippen molar-refractivity contribution in [1.82, 2.24) is 5.32 Å². The van der Waals surface area contributed by atoms with Gasteiger partial charge in [0.2, 0.25) is 6.79 Å². The minimum Gasteiger partial charge on any atom is -0.454 e. The lowest BCUT2D eigenvalue weighted by molar-refractivity contribution is 0.174. The summed E-state index contributed by atoms with van der Waals surface area (Å²) < 4.78 is 11.7. The van der Waals surface area contributed by atoms with Crippen molar-refractivity contribution >= 4 is 15.9 Å². The Balaban J connectivity index is 1.71. The highest BCUT2D eigenvalue weighted by Crippen LogP contribution is 2.36. The summed E-state index contributed by atoms with van der Waals surface area (Å²) in [6.07, 6.45) is 4.32. The van der Waals surface area contributed by atoms with Crippen LogP contribution < -0.4 is 14.8 Å². The Morgan fingerprint density at radius 1 is 1.11 bits per heavy atom. The second-order valence-electron chi connectivity index (χ2n) is 4.61. The minimum absolute atomic E-state index is 0.303. The molecular formula is C14H20BrNO3. The maximum atomic E-state index is 8.68. The lowest BCUT2D eigenvalue weighted by Gasteiger charge is -2.08. The minimum atomic E-state index is 0.303. The fourth-order valence-corrected chi connectivity index (χ4v) is 2.50. The molecule has 1 aromatic carbocycles. The summed E-state index contributed by atoms with van der Waals surface area (Å²) >= 11 is 3.55. The van der Waals surface area contributed by atoms with Gasteiger partial charge >= 0.3 is 0 Å². The number of rotatable bonds is 8. The van der Waals surface area contributed by atoms with Gasteiger partial charge in [0, 0.05) is 17.6 Å². The zero-order valence-corrected chi connectivity index (χ0v) is 12.5. The number of aliphatic hydroxyl groups is 1. The van der Waals surface area contributed by atoms with Gasteiger partial charge in [-0.25, -0.2) is 0 Å². The quantitative estimate of drug-likeness (QED) is 0.720. The monoisotopic (exact) mass is 329 g/mol. The van der Waals surface area contributed by atoms with Crippen LogP contribution in [0.2, 0.25) is 0 Å². The first-order valence-corrected chi connectivity index (χ1v) is 7.50. The van der Waals surface area contributed by atoms with Gasteiger partial charge in [-0.15, -0.1) is 0 Å². The first-order chi connectivity index (χ1) is 9.31. The molecule has 5 heteroatoms. The van der Waals surface area contributed by atoms with Crippen LogP contribution in [0.3, 0.4) is 0 Å². The lowest BCUT2D eigenvalue weighted by atomic mass is 10.2. The Hall–Kier alpha value is -0.780. The van der Waals surface area contributed by atoms with E-state index in [1.54, 1.807) is 0 Å². The number of unbranched alkanes of at least 4 members (excludes halogenated alkanes) is 3. The van der Waals surface area contributed by atoms with Crippen molar-refractivity contribution in [2.45, 2.75) is 32.2 Å². The third kappa shape index (κ3) is 4.37. The van der Waals surface area contributed by atoms with Crippen LogP contribution in [0.15, 0.2) is 16.6 Å². The molecule has 0 radical (unpaired) electrons. The van der Waals surface area contributed by atoms with Crippen LogP contribution >= 0.6 is 15.9 Å². The van der Waals surface area contributed by atoms with Gasteiger partial charge in [0.15, 0.2) is 11.5 Å².